The van der Waals surface area contributed by atoms with Gasteiger partial charge in [-0.25, -0.2) is 0 Å². The van der Waals surface area contributed by atoms with Gasteiger partial charge in [0.05, 0.1) is 6.61 Å². The topological polar surface area (TPSA) is 26.7 Å². The maximum Gasteiger partial charge on any atom is 0.0558 e. The summed E-state index contributed by atoms with van der Waals surface area (Å²) in [7, 11) is 2.20. The highest BCUT2D eigenvalue weighted by Gasteiger charge is 2.34. The molecular weight excluding hydrogens is 176 g/mol. The van der Waals surface area contributed by atoms with Gasteiger partial charge in [-0.2, -0.15) is 0 Å². The number of hydrogen-bond acceptors (Lipinski definition) is 3. The van der Waals surface area contributed by atoms with E-state index in [0.29, 0.717) is 6.61 Å². The molecule has 1 aliphatic heterocycles. The summed E-state index contributed by atoms with van der Waals surface area (Å²) in [6.45, 7) is 3.65. The molecule has 2 aliphatic rings. The highest BCUT2D eigenvalue weighted by molar-refractivity contribution is 4.90. The first-order valence-electron chi connectivity index (χ1n) is 5.86. The van der Waals surface area contributed by atoms with E-state index in [9.17, 15) is 0 Å². The molecule has 2 fully saturated rings. The number of piperidine rings is 1. The number of nitrogens with zero attached hydrogens (tertiary/aromatic N) is 2. The fourth-order valence-electron chi connectivity index (χ4n) is 2.51. The van der Waals surface area contributed by atoms with Crippen molar-refractivity contribution in [1.82, 2.24) is 9.80 Å². The van der Waals surface area contributed by atoms with Gasteiger partial charge in [-0.15, -0.1) is 0 Å². The fourth-order valence-corrected chi connectivity index (χ4v) is 2.51. The summed E-state index contributed by atoms with van der Waals surface area (Å²) in [6.07, 6.45) is 5.28. The molecule has 3 nitrogen and oxygen atoms in total. The molecule has 2 rings (SSSR count). The van der Waals surface area contributed by atoms with Gasteiger partial charge in [0.1, 0.15) is 0 Å². The fraction of sp³-hybridized carbons (Fsp3) is 1.00. The zero-order chi connectivity index (χ0) is 9.97. The van der Waals surface area contributed by atoms with E-state index >= 15 is 0 Å². The third-order valence-corrected chi connectivity index (χ3v) is 3.53. The SMILES string of the molecule is CN1CCC(N(CCO)C2CC2)CC1. The van der Waals surface area contributed by atoms with Gasteiger partial charge in [0.2, 0.25) is 0 Å². The second kappa shape index (κ2) is 4.60. The molecule has 0 atom stereocenters. The van der Waals surface area contributed by atoms with Crippen molar-refractivity contribution < 1.29 is 5.11 Å². The van der Waals surface area contributed by atoms with Crippen molar-refractivity contribution in [2.45, 2.75) is 37.8 Å². The van der Waals surface area contributed by atoms with Crippen molar-refractivity contribution in [3.05, 3.63) is 0 Å². The van der Waals surface area contributed by atoms with Gasteiger partial charge < -0.3 is 10.0 Å². The quantitative estimate of drug-likeness (QED) is 0.714. The molecule has 0 aromatic heterocycles. The molecule has 0 spiro atoms. The molecule has 0 unspecified atom stereocenters. The normalized spacial score (nSPS) is 25.9. The van der Waals surface area contributed by atoms with Crippen LogP contribution in [-0.2, 0) is 0 Å². The molecule has 3 heteroatoms. The van der Waals surface area contributed by atoms with Gasteiger partial charge in [-0.05, 0) is 45.8 Å². The molecule has 0 aromatic rings. The van der Waals surface area contributed by atoms with E-state index in [1.165, 1.54) is 38.8 Å². The van der Waals surface area contributed by atoms with Crippen molar-refractivity contribution >= 4 is 0 Å². The van der Waals surface area contributed by atoms with Gasteiger partial charge in [0.25, 0.3) is 0 Å². The van der Waals surface area contributed by atoms with Crippen LogP contribution >= 0.6 is 0 Å². The number of hydrogen-bond donors (Lipinski definition) is 1. The number of aliphatic hydroxyl groups excluding tert-OH is 1. The Kier molecular flexibility index (Phi) is 3.42. The lowest BCUT2D eigenvalue weighted by molar-refractivity contribution is 0.0936. The summed E-state index contributed by atoms with van der Waals surface area (Å²) < 4.78 is 0. The Bertz CT molecular complexity index is 174. The van der Waals surface area contributed by atoms with E-state index in [0.717, 1.165) is 18.6 Å². The first-order valence-corrected chi connectivity index (χ1v) is 5.86. The molecule has 0 amide bonds. The Balaban J connectivity index is 1.84. The van der Waals surface area contributed by atoms with Crippen LogP contribution in [0, 0.1) is 0 Å². The van der Waals surface area contributed by atoms with Crippen molar-refractivity contribution in [1.29, 1.82) is 0 Å². The van der Waals surface area contributed by atoms with Crippen molar-refractivity contribution in [2.24, 2.45) is 0 Å². The van der Waals surface area contributed by atoms with Gasteiger partial charge in [-0.3, -0.25) is 4.90 Å². The van der Waals surface area contributed by atoms with Crippen LogP contribution in [0.3, 0.4) is 0 Å². The largest absolute Gasteiger partial charge is 0.395 e. The number of aliphatic hydroxyl groups is 1. The van der Waals surface area contributed by atoms with Gasteiger partial charge in [0, 0.05) is 18.6 Å². The molecule has 0 radical (unpaired) electrons. The maximum atomic E-state index is 9.04. The van der Waals surface area contributed by atoms with Crippen LogP contribution in [0.15, 0.2) is 0 Å². The summed E-state index contributed by atoms with van der Waals surface area (Å²) in [5.41, 5.74) is 0. The van der Waals surface area contributed by atoms with Crippen LogP contribution in [0.1, 0.15) is 25.7 Å². The lowest BCUT2D eigenvalue weighted by Gasteiger charge is -2.37. The molecule has 0 bridgehead atoms. The Morgan fingerprint density at radius 3 is 2.21 bits per heavy atom. The Labute approximate surface area is 86.7 Å². The van der Waals surface area contributed by atoms with E-state index < -0.39 is 0 Å². The molecule has 82 valence electrons. The Morgan fingerprint density at radius 2 is 1.71 bits per heavy atom. The summed E-state index contributed by atoms with van der Waals surface area (Å²) >= 11 is 0. The van der Waals surface area contributed by atoms with Crippen molar-refractivity contribution in [2.75, 3.05) is 33.3 Å². The van der Waals surface area contributed by atoms with E-state index in [1.807, 2.05) is 0 Å². The molecule has 1 heterocycles. The van der Waals surface area contributed by atoms with Gasteiger partial charge in [-0.1, -0.05) is 0 Å². The minimum absolute atomic E-state index is 0.322. The van der Waals surface area contributed by atoms with E-state index in [1.54, 1.807) is 0 Å². The molecule has 14 heavy (non-hydrogen) atoms. The first-order chi connectivity index (χ1) is 6.81. The second-order valence-electron chi connectivity index (χ2n) is 4.73. The zero-order valence-corrected chi connectivity index (χ0v) is 9.15. The summed E-state index contributed by atoms with van der Waals surface area (Å²) in [6, 6.07) is 1.54. The molecule has 1 N–H and O–H groups in total. The van der Waals surface area contributed by atoms with E-state index in [4.69, 9.17) is 5.11 Å². The standard InChI is InChI=1S/C11H22N2O/c1-12-6-4-11(5-7-12)13(8-9-14)10-2-3-10/h10-11,14H,2-9H2,1H3. The predicted molar refractivity (Wildman–Crippen MR) is 57.3 cm³/mol. The Hall–Kier alpha value is -0.120. The van der Waals surface area contributed by atoms with Gasteiger partial charge >= 0.3 is 0 Å². The zero-order valence-electron chi connectivity index (χ0n) is 9.15. The molecule has 1 aliphatic carbocycles. The summed E-state index contributed by atoms with van der Waals surface area (Å²) in [5.74, 6) is 0. The molecular formula is C11H22N2O. The monoisotopic (exact) mass is 198 g/mol. The average molecular weight is 198 g/mol. The number of rotatable bonds is 4. The van der Waals surface area contributed by atoms with Crippen LogP contribution < -0.4 is 0 Å². The smallest absolute Gasteiger partial charge is 0.0558 e. The van der Waals surface area contributed by atoms with Crippen LogP contribution in [0.2, 0.25) is 0 Å². The molecule has 1 saturated heterocycles. The number of likely N-dealkylation sites (tertiary alicyclic amines) is 1. The third kappa shape index (κ3) is 2.47. The van der Waals surface area contributed by atoms with Crippen LogP contribution in [0.25, 0.3) is 0 Å². The second-order valence-corrected chi connectivity index (χ2v) is 4.73. The van der Waals surface area contributed by atoms with Crippen LogP contribution in [-0.4, -0.2) is 60.3 Å². The van der Waals surface area contributed by atoms with Crippen molar-refractivity contribution in [3.8, 4) is 0 Å². The van der Waals surface area contributed by atoms with E-state index in [-0.39, 0.29) is 0 Å². The molecule has 0 aromatic carbocycles. The van der Waals surface area contributed by atoms with Crippen LogP contribution in [0.4, 0.5) is 0 Å². The van der Waals surface area contributed by atoms with Crippen molar-refractivity contribution in [3.63, 3.8) is 0 Å². The van der Waals surface area contributed by atoms with Crippen LogP contribution in [0.5, 0.6) is 0 Å². The summed E-state index contributed by atoms with van der Waals surface area (Å²) in [5, 5.41) is 9.04. The predicted octanol–water partition coefficient (Wildman–Crippen LogP) is 0.537. The minimum Gasteiger partial charge on any atom is -0.395 e. The average Bonchev–Trinajstić information content (AvgIpc) is 2.99. The Morgan fingerprint density at radius 1 is 1.14 bits per heavy atom. The van der Waals surface area contributed by atoms with Gasteiger partial charge in [0.15, 0.2) is 0 Å². The highest BCUT2D eigenvalue weighted by atomic mass is 16.3. The first kappa shape index (κ1) is 10.4. The minimum atomic E-state index is 0.322. The highest BCUT2D eigenvalue weighted by Crippen LogP contribution is 2.31. The maximum absolute atomic E-state index is 9.04. The lowest BCUT2D eigenvalue weighted by Crippen LogP contribution is -2.45. The summed E-state index contributed by atoms with van der Waals surface area (Å²) in [4.78, 5) is 4.95. The third-order valence-electron chi connectivity index (χ3n) is 3.53. The molecule has 1 saturated carbocycles. The van der Waals surface area contributed by atoms with E-state index in [2.05, 4.69) is 16.8 Å². The lowest BCUT2D eigenvalue weighted by atomic mass is 10.0.